The molecule has 1 aromatic carbocycles. The third-order valence-corrected chi connectivity index (χ3v) is 3.01. The molecule has 0 unspecified atom stereocenters. The number of hydrogen-bond acceptors (Lipinski definition) is 3. The van der Waals surface area contributed by atoms with E-state index >= 15 is 0 Å². The summed E-state index contributed by atoms with van der Waals surface area (Å²) < 4.78 is 5.37. The van der Waals surface area contributed by atoms with Crippen molar-refractivity contribution < 1.29 is 9.53 Å². The van der Waals surface area contributed by atoms with Crippen LogP contribution in [-0.2, 0) is 11.3 Å². The van der Waals surface area contributed by atoms with Crippen molar-refractivity contribution in [2.24, 2.45) is 11.7 Å². The van der Waals surface area contributed by atoms with E-state index in [1.807, 2.05) is 0 Å². The smallest absolute Gasteiger partial charge is 0.257 e. The van der Waals surface area contributed by atoms with E-state index in [4.69, 9.17) is 22.1 Å². The zero-order valence-electron chi connectivity index (χ0n) is 11.4. The van der Waals surface area contributed by atoms with Gasteiger partial charge in [-0.2, -0.15) is 0 Å². The Morgan fingerprint density at radius 3 is 2.79 bits per heavy atom. The highest BCUT2D eigenvalue weighted by Crippen LogP contribution is 2.22. The fourth-order valence-electron chi connectivity index (χ4n) is 1.48. The molecule has 3 N–H and O–H groups in total. The second-order valence-electron chi connectivity index (χ2n) is 4.78. The number of rotatable bonds is 7. The summed E-state index contributed by atoms with van der Waals surface area (Å²) in [6.45, 7) is 5.28. The molecule has 19 heavy (non-hydrogen) atoms. The van der Waals surface area contributed by atoms with E-state index in [1.54, 1.807) is 18.2 Å². The van der Waals surface area contributed by atoms with Gasteiger partial charge in [-0.25, -0.2) is 0 Å². The largest absolute Gasteiger partial charge is 0.484 e. The van der Waals surface area contributed by atoms with Gasteiger partial charge in [-0.1, -0.05) is 31.5 Å². The average Bonchev–Trinajstić information content (AvgIpc) is 2.36. The predicted octanol–water partition coefficient (Wildman–Crippen LogP) is 2.34. The fourth-order valence-corrected chi connectivity index (χ4v) is 1.73. The molecular formula is C14H21ClN2O2. The van der Waals surface area contributed by atoms with E-state index in [0.29, 0.717) is 29.8 Å². The molecule has 5 heteroatoms. The number of benzene rings is 1. The number of nitrogens with two attached hydrogens (primary N) is 1. The Kier molecular flexibility index (Phi) is 6.67. The lowest BCUT2D eigenvalue weighted by Crippen LogP contribution is -2.30. The van der Waals surface area contributed by atoms with Crippen LogP contribution in [0.25, 0.3) is 0 Å². The Morgan fingerprint density at radius 2 is 2.21 bits per heavy atom. The molecule has 0 aliphatic carbocycles. The topological polar surface area (TPSA) is 64.3 Å². The molecule has 0 fully saturated rings. The summed E-state index contributed by atoms with van der Waals surface area (Å²) in [5.41, 5.74) is 6.37. The predicted molar refractivity (Wildman–Crippen MR) is 77.3 cm³/mol. The fraction of sp³-hybridized carbons (Fsp3) is 0.500. The Balaban J connectivity index is 2.36. The molecule has 0 saturated carbocycles. The molecule has 0 aliphatic heterocycles. The van der Waals surface area contributed by atoms with Gasteiger partial charge in [-0.05, 0) is 30.0 Å². The number of halogens is 1. The summed E-state index contributed by atoms with van der Waals surface area (Å²) in [5.74, 6) is 1.02. The van der Waals surface area contributed by atoms with E-state index in [2.05, 4.69) is 19.2 Å². The number of nitrogens with one attached hydrogen (secondary N) is 1. The summed E-state index contributed by atoms with van der Waals surface area (Å²) in [4.78, 5) is 11.5. The third-order valence-electron chi connectivity index (χ3n) is 2.66. The van der Waals surface area contributed by atoms with Crippen LogP contribution < -0.4 is 15.8 Å². The van der Waals surface area contributed by atoms with Crippen LogP contribution in [0.15, 0.2) is 18.2 Å². The Hall–Kier alpha value is -1.26. The van der Waals surface area contributed by atoms with Gasteiger partial charge in [0.2, 0.25) is 0 Å². The van der Waals surface area contributed by atoms with E-state index < -0.39 is 0 Å². The first-order chi connectivity index (χ1) is 9.02. The lowest BCUT2D eigenvalue weighted by atomic mass is 10.1. The van der Waals surface area contributed by atoms with Gasteiger partial charge in [0.15, 0.2) is 6.61 Å². The summed E-state index contributed by atoms with van der Waals surface area (Å²) in [5, 5.41) is 3.36. The minimum Gasteiger partial charge on any atom is -0.484 e. The first-order valence-electron chi connectivity index (χ1n) is 6.41. The van der Waals surface area contributed by atoms with Crippen LogP contribution in [0.1, 0.15) is 25.8 Å². The SMILES string of the molecule is CC(C)CCNC(=O)COc1ccc(CN)c(Cl)c1. The van der Waals surface area contributed by atoms with Crippen molar-refractivity contribution in [1.29, 1.82) is 0 Å². The van der Waals surface area contributed by atoms with E-state index in [0.717, 1.165) is 12.0 Å². The third kappa shape index (κ3) is 5.94. The molecule has 0 spiro atoms. The zero-order valence-corrected chi connectivity index (χ0v) is 12.2. The lowest BCUT2D eigenvalue weighted by molar-refractivity contribution is -0.123. The van der Waals surface area contributed by atoms with Crippen molar-refractivity contribution in [3.63, 3.8) is 0 Å². The van der Waals surface area contributed by atoms with Gasteiger partial charge in [-0.3, -0.25) is 4.79 Å². The maximum absolute atomic E-state index is 11.5. The molecule has 0 aliphatic rings. The van der Waals surface area contributed by atoms with Gasteiger partial charge in [-0.15, -0.1) is 0 Å². The zero-order chi connectivity index (χ0) is 14.3. The second kappa shape index (κ2) is 8.02. The summed E-state index contributed by atoms with van der Waals surface area (Å²) in [7, 11) is 0. The van der Waals surface area contributed by atoms with Crippen molar-refractivity contribution in [1.82, 2.24) is 5.32 Å². The van der Waals surface area contributed by atoms with E-state index in [-0.39, 0.29) is 12.5 Å². The highest BCUT2D eigenvalue weighted by atomic mass is 35.5. The number of amides is 1. The van der Waals surface area contributed by atoms with Crippen LogP contribution in [0.2, 0.25) is 5.02 Å². The molecule has 106 valence electrons. The van der Waals surface area contributed by atoms with Gasteiger partial charge in [0.05, 0.1) is 0 Å². The number of hydrogen-bond donors (Lipinski definition) is 2. The van der Waals surface area contributed by atoms with Gasteiger partial charge in [0.1, 0.15) is 5.75 Å². The van der Waals surface area contributed by atoms with Gasteiger partial charge < -0.3 is 15.8 Å². The summed E-state index contributed by atoms with van der Waals surface area (Å²) >= 11 is 6.00. The van der Waals surface area contributed by atoms with Crippen LogP contribution in [-0.4, -0.2) is 19.1 Å². The molecule has 0 atom stereocenters. The van der Waals surface area contributed by atoms with Crippen LogP contribution >= 0.6 is 11.6 Å². The number of ether oxygens (including phenoxy) is 1. The minimum absolute atomic E-state index is 0.00358. The van der Waals surface area contributed by atoms with E-state index in [9.17, 15) is 4.79 Å². The van der Waals surface area contributed by atoms with Gasteiger partial charge in [0, 0.05) is 18.1 Å². The molecule has 4 nitrogen and oxygen atoms in total. The van der Waals surface area contributed by atoms with Crippen molar-refractivity contribution in [2.75, 3.05) is 13.2 Å². The lowest BCUT2D eigenvalue weighted by Gasteiger charge is -2.09. The minimum atomic E-state index is -0.125. The maximum atomic E-state index is 11.5. The first kappa shape index (κ1) is 15.8. The molecule has 1 amide bonds. The Labute approximate surface area is 119 Å². The molecule has 0 aromatic heterocycles. The standard InChI is InChI=1S/C14H21ClN2O2/c1-10(2)5-6-17-14(18)9-19-12-4-3-11(8-16)13(15)7-12/h3-4,7,10H,5-6,8-9,16H2,1-2H3,(H,17,18). The Morgan fingerprint density at radius 1 is 1.47 bits per heavy atom. The van der Waals surface area contributed by atoms with Crippen LogP contribution in [0.5, 0.6) is 5.75 Å². The molecule has 0 bridgehead atoms. The highest BCUT2D eigenvalue weighted by Gasteiger charge is 2.05. The molecule has 0 saturated heterocycles. The average molecular weight is 285 g/mol. The first-order valence-corrected chi connectivity index (χ1v) is 6.78. The van der Waals surface area contributed by atoms with Crippen molar-refractivity contribution >= 4 is 17.5 Å². The second-order valence-corrected chi connectivity index (χ2v) is 5.19. The normalized spacial score (nSPS) is 10.6. The Bertz CT molecular complexity index is 422. The molecular weight excluding hydrogens is 264 g/mol. The van der Waals surface area contributed by atoms with Crippen molar-refractivity contribution in [3.8, 4) is 5.75 Å². The van der Waals surface area contributed by atoms with Crippen molar-refractivity contribution in [2.45, 2.75) is 26.8 Å². The molecule has 1 rings (SSSR count). The van der Waals surface area contributed by atoms with Gasteiger partial charge >= 0.3 is 0 Å². The number of carbonyl (C=O) groups is 1. The number of carbonyl (C=O) groups excluding carboxylic acids is 1. The van der Waals surface area contributed by atoms with Crippen LogP contribution in [0, 0.1) is 5.92 Å². The van der Waals surface area contributed by atoms with E-state index in [1.165, 1.54) is 0 Å². The van der Waals surface area contributed by atoms with Gasteiger partial charge in [0.25, 0.3) is 5.91 Å². The quantitative estimate of drug-likeness (QED) is 0.808. The molecule has 0 radical (unpaired) electrons. The summed E-state index contributed by atoms with van der Waals surface area (Å²) in [6.07, 6.45) is 0.961. The monoisotopic (exact) mass is 284 g/mol. The molecule has 1 aromatic rings. The highest BCUT2D eigenvalue weighted by molar-refractivity contribution is 6.31. The van der Waals surface area contributed by atoms with Crippen LogP contribution in [0.4, 0.5) is 0 Å². The summed E-state index contributed by atoms with van der Waals surface area (Å²) in [6, 6.07) is 5.23. The maximum Gasteiger partial charge on any atom is 0.257 e. The van der Waals surface area contributed by atoms with Crippen LogP contribution in [0.3, 0.4) is 0 Å². The molecule has 0 heterocycles. The van der Waals surface area contributed by atoms with Crippen molar-refractivity contribution in [3.05, 3.63) is 28.8 Å².